The Morgan fingerprint density at radius 3 is 0.810 bits per heavy atom. The fourth-order valence-corrected chi connectivity index (χ4v) is 8.27. The highest BCUT2D eigenvalue weighted by Gasteiger charge is 2.19. The Balaban J connectivity index is 4.51. The van der Waals surface area contributed by atoms with Gasteiger partial charge in [0, 0.05) is 19.3 Å². The van der Waals surface area contributed by atoms with Crippen molar-refractivity contribution in [3.05, 3.63) is 158 Å². The maximum absolute atomic E-state index is 12.9. The van der Waals surface area contributed by atoms with Gasteiger partial charge in [-0.25, -0.2) is 0 Å². The van der Waals surface area contributed by atoms with E-state index in [1.807, 2.05) is 0 Å². The topological polar surface area (TPSA) is 78.9 Å². The Hall–Kier alpha value is -4.97. The van der Waals surface area contributed by atoms with E-state index >= 15 is 0 Å². The van der Waals surface area contributed by atoms with Crippen molar-refractivity contribution in [3.8, 4) is 0 Å². The highest BCUT2D eigenvalue weighted by Crippen LogP contribution is 2.14. The molecule has 0 spiro atoms. The van der Waals surface area contributed by atoms with E-state index in [9.17, 15) is 14.4 Å². The molecule has 0 aromatic heterocycles. The lowest BCUT2D eigenvalue weighted by molar-refractivity contribution is -0.167. The minimum atomic E-state index is -0.816. The lowest BCUT2D eigenvalue weighted by Gasteiger charge is -2.18. The van der Waals surface area contributed by atoms with Gasteiger partial charge in [-0.2, -0.15) is 0 Å². The molecule has 1 atom stereocenters. The van der Waals surface area contributed by atoms with Gasteiger partial charge in [-0.3, -0.25) is 14.4 Å². The van der Waals surface area contributed by atoms with Crippen LogP contribution in [0.15, 0.2) is 158 Å². The van der Waals surface area contributed by atoms with Gasteiger partial charge in [-0.05, 0) is 148 Å². The van der Waals surface area contributed by atoms with Crippen LogP contribution in [0.25, 0.3) is 0 Å². The molecule has 0 aliphatic rings. The molecule has 6 heteroatoms. The first kappa shape index (κ1) is 74.0. The van der Waals surface area contributed by atoms with Gasteiger partial charge < -0.3 is 14.2 Å². The average molecular weight is 1090 g/mol. The van der Waals surface area contributed by atoms with Gasteiger partial charge in [0.25, 0.3) is 0 Å². The van der Waals surface area contributed by atoms with Gasteiger partial charge in [-0.1, -0.05) is 256 Å². The molecule has 0 fully saturated rings. The number of esters is 3. The van der Waals surface area contributed by atoms with Crippen molar-refractivity contribution in [1.29, 1.82) is 0 Å². The van der Waals surface area contributed by atoms with E-state index in [1.54, 1.807) is 0 Å². The summed E-state index contributed by atoms with van der Waals surface area (Å²) in [7, 11) is 0. The summed E-state index contributed by atoms with van der Waals surface area (Å²) >= 11 is 0. The number of carbonyl (C=O) groups is 3. The van der Waals surface area contributed by atoms with E-state index in [0.717, 1.165) is 154 Å². The quantitative estimate of drug-likeness (QED) is 0.0261. The van der Waals surface area contributed by atoms with E-state index in [2.05, 4.69) is 179 Å². The van der Waals surface area contributed by atoms with Crippen LogP contribution in [0.2, 0.25) is 0 Å². The highest BCUT2D eigenvalue weighted by atomic mass is 16.6. The summed E-state index contributed by atoms with van der Waals surface area (Å²) in [5, 5.41) is 0. The number of ether oxygens (including phenoxy) is 3. The lowest BCUT2D eigenvalue weighted by Crippen LogP contribution is -2.30. The Bertz CT molecular complexity index is 1780. The van der Waals surface area contributed by atoms with E-state index in [0.29, 0.717) is 25.7 Å². The van der Waals surface area contributed by atoms with E-state index in [1.165, 1.54) is 64.2 Å². The second-order valence-electron chi connectivity index (χ2n) is 20.5. The van der Waals surface area contributed by atoms with E-state index < -0.39 is 6.10 Å². The Morgan fingerprint density at radius 2 is 0.494 bits per heavy atom. The Kier molecular flexibility index (Phi) is 61.4. The summed E-state index contributed by atoms with van der Waals surface area (Å²) in [5.74, 6) is -0.978. The second-order valence-corrected chi connectivity index (χ2v) is 20.5. The van der Waals surface area contributed by atoms with Crippen molar-refractivity contribution in [3.63, 3.8) is 0 Å². The summed E-state index contributed by atoms with van der Waals surface area (Å²) in [6.07, 6.45) is 95.3. The Labute approximate surface area is 486 Å². The first-order valence-electron chi connectivity index (χ1n) is 32.0. The standard InChI is InChI=1S/C73H116O6/c1-4-7-10-13-16-19-22-25-28-30-32-33-34-35-36-37-38-39-41-42-45-48-51-54-57-60-63-66-72(75)78-69-70(68-77-71(74)65-62-59-56-53-50-47-44-27-24-21-18-15-12-9-6-3)79-73(76)67-64-61-58-55-52-49-46-43-40-31-29-26-23-20-17-14-11-8-5-2/h7-8,10-11,16-17,19-20,25-29,32-33,35-36,38-40,42-45,51,54,70H,4-6,9,12-15,18,21-24,30-31,34,37,41,46-50,52-53,55-69H2,1-3H3/b10-7-,11-8-,19-16-,20-17-,28-25-,29-26-,33-32-,36-35-,39-38-,43-40-,44-27-,45-42-,54-51-. The molecular weight excluding hydrogens is 973 g/mol. The maximum Gasteiger partial charge on any atom is 0.306 e. The van der Waals surface area contributed by atoms with Crippen molar-refractivity contribution >= 4 is 17.9 Å². The minimum Gasteiger partial charge on any atom is -0.462 e. The summed E-state index contributed by atoms with van der Waals surface area (Å²) in [5.41, 5.74) is 0. The SMILES string of the molecule is CC/C=C\C/C=C\C/C=C\C/C=C\C/C=C\C/C=C\C/C=C\C/C=C\CCCCC(=O)OCC(COC(=O)CCCCCCC/C=C\CCCCCCCC)OC(=O)CCCCCCCC/C=C\C/C=C\C/C=C\C/C=C\CC. The predicted octanol–water partition coefficient (Wildman–Crippen LogP) is 22.1. The molecule has 0 N–H and O–H groups in total. The summed E-state index contributed by atoms with van der Waals surface area (Å²) in [6.45, 7) is 6.35. The maximum atomic E-state index is 12.9. The smallest absolute Gasteiger partial charge is 0.306 e. The van der Waals surface area contributed by atoms with Crippen LogP contribution in [0.5, 0.6) is 0 Å². The Morgan fingerprint density at radius 1 is 0.266 bits per heavy atom. The van der Waals surface area contributed by atoms with Crippen LogP contribution in [0.1, 0.15) is 265 Å². The molecular formula is C73H116O6. The zero-order valence-electron chi connectivity index (χ0n) is 50.8. The van der Waals surface area contributed by atoms with Crippen LogP contribution < -0.4 is 0 Å². The molecule has 0 amide bonds. The van der Waals surface area contributed by atoms with E-state index in [4.69, 9.17) is 14.2 Å². The molecule has 0 radical (unpaired) electrons. The number of rotatable bonds is 56. The van der Waals surface area contributed by atoms with Crippen LogP contribution in [-0.2, 0) is 28.6 Å². The number of carbonyl (C=O) groups excluding carboxylic acids is 3. The van der Waals surface area contributed by atoms with Crippen molar-refractivity contribution in [2.45, 2.75) is 271 Å². The van der Waals surface area contributed by atoms with Crippen LogP contribution in [0.4, 0.5) is 0 Å². The van der Waals surface area contributed by atoms with Crippen LogP contribution in [-0.4, -0.2) is 37.2 Å². The molecule has 0 bridgehead atoms. The molecule has 0 aromatic carbocycles. The number of hydrogen-bond donors (Lipinski definition) is 0. The average Bonchev–Trinajstić information content (AvgIpc) is 3.45. The van der Waals surface area contributed by atoms with Gasteiger partial charge in [0.1, 0.15) is 13.2 Å². The molecule has 0 aliphatic heterocycles. The zero-order valence-corrected chi connectivity index (χ0v) is 50.8. The largest absolute Gasteiger partial charge is 0.462 e. The minimum absolute atomic E-state index is 0.108. The summed E-state index contributed by atoms with van der Waals surface area (Å²) in [4.78, 5) is 38.3. The third-order valence-corrected chi connectivity index (χ3v) is 13.0. The molecule has 1 unspecified atom stereocenters. The van der Waals surface area contributed by atoms with Crippen LogP contribution in [0, 0.1) is 0 Å². The molecule has 0 aromatic rings. The summed E-state index contributed by atoms with van der Waals surface area (Å²) in [6, 6.07) is 0. The molecule has 0 heterocycles. The fourth-order valence-electron chi connectivity index (χ4n) is 8.27. The first-order chi connectivity index (χ1) is 39.0. The van der Waals surface area contributed by atoms with Crippen molar-refractivity contribution in [2.24, 2.45) is 0 Å². The number of hydrogen-bond acceptors (Lipinski definition) is 6. The number of allylic oxidation sites excluding steroid dienone is 26. The molecule has 0 saturated heterocycles. The van der Waals surface area contributed by atoms with Gasteiger partial charge in [-0.15, -0.1) is 0 Å². The van der Waals surface area contributed by atoms with Crippen molar-refractivity contribution in [2.75, 3.05) is 13.2 Å². The highest BCUT2D eigenvalue weighted by molar-refractivity contribution is 5.71. The first-order valence-corrected chi connectivity index (χ1v) is 32.0. The molecule has 6 nitrogen and oxygen atoms in total. The molecule has 79 heavy (non-hydrogen) atoms. The van der Waals surface area contributed by atoms with Crippen molar-refractivity contribution in [1.82, 2.24) is 0 Å². The van der Waals surface area contributed by atoms with Crippen LogP contribution in [0.3, 0.4) is 0 Å². The normalized spacial score (nSPS) is 13.2. The number of unbranched alkanes of at least 4 members (excludes halogenated alkanes) is 19. The lowest BCUT2D eigenvalue weighted by atomic mass is 10.1. The molecule has 444 valence electrons. The van der Waals surface area contributed by atoms with Gasteiger partial charge in [0.15, 0.2) is 6.10 Å². The van der Waals surface area contributed by atoms with Crippen molar-refractivity contribution < 1.29 is 28.6 Å². The van der Waals surface area contributed by atoms with Crippen LogP contribution >= 0.6 is 0 Å². The third-order valence-electron chi connectivity index (χ3n) is 13.0. The van der Waals surface area contributed by atoms with Gasteiger partial charge in [0.2, 0.25) is 0 Å². The van der Waals surface area contributed by atoms with Gasteiger partial charge >= 0.3 is 17.9 Å². The third kappa shape index (κ3) is 63.7. The monoisotopic (exact) mass is 1090 g/mol. The zero-order chi connectivity index (χ0) is 57.1. The summed E-state index contributed by atoms with van der Waals surface area (Å²) < 4.78 is 16.9. The van der Waals surface area contributed by atoms with E-state index in [-0.39, 0.29) is 31.1 Å². The molecule has 0 saturated carbocycles. The molecule has 0 rings (SSSR count). The van der Waals surface area contributed by atoms with Gasteiger partial charge in [0.05, 0.1) is 0 Å². The molecule has 0 aliphatic carbocycles. The predicted molar refractivity (Wildman–Crippen MR) is 343 cm³/mol. The fraction of sp³-hybridized carbons (Fsp3) is 0.603. The second kappa shape index (κ2) is 65.5.